The van der Waals surface area contributed by atoms with Gasteiger partial charge in [0, 0.05) is 24.3 Å². The zero-order chi connectivity index (χ0) is 20.8. The second-order valence-electron chi connectivity index (χ2n) is 6.10. The Morgan fingerprint density at radius 1 is 1.14 bits per heavy atom. The zero-order valence-electron chi connectivity index (χ0n) is 14.8. The number of nitrogens with zero attached hydrogens (tertiary/aromatic N) is 5. The Kier molecular flexibility index (Phi) is 4.29. The minimum absolute atomic E-state index is 0.0525. The number of carbonyl (C=O) groups excluding carboxylic acids is 1. The molecule has 0 atom stereocenters. The van der Waals surface area contributed by atoms with Crippen LogP contribution < -0.4 is 5.32 Å². The molecule has 0 radical (unpaired) electrons. The van der Waals surface area contributed by atoms with Gasteiger partial charge >= 0.3 is 6.18 Å². The summed E-state index contributed by atoms with van der Waals surface area (Å²) in [5, 5.41) is 6.56. The first-order valence-corrected chi connectivity index (χ1v) is 8.27. The topological polar surface area (TPSA) is 77.1 Å². The van der Waals surface area contributed by atoms with Crippen molar-refractivity contribution in [2.75, 3.05) is 5.32 Å². The Morgan fingerprint density at radius 2 is 1.93 bits per heavy atom. The minimum atomic E-state index is -4.62. The lowest BCUT2D eigenvalue weighted by Crippen LogP contribution is -2.15. The van der Waals surface area contributed by atoms with Gasteiger partial charge in [-0.1, -0.05) is 0 Å². The monoisotopic (exact) mass is 404 g/mol. The standard InChI is InChI=1S/C18H12F4N6O/c1-10-12(17(29)26-11-4-5-23-14(8-11)18(20,21)22)9-25-28(10)15-3-2-13(19)16-24-6-7-27(15)16/h2-9H,1H3,(H,23,26,29). The molecule has 0 aliphatic carbocycles. The number of hydrogen-bond acceptors (Lipinski definition) is 4. The molecule has 0 spiro atoms. The van der Waals surface area contributed by atoms with Gasteiger partial charge in [-0.25, -0.2) is 14.1 Å². The van der Waals surface area contributed by atoms with Crippen LogP contribution >= 0.6 is 0 Å². The Bertz CT molecular complexity index is 1230. The first-order chi connectivity index (χ1) is 13.8. The van der Waals surface area contributed by atoms with Crippen molar-refractivity contribution in [2.45, 2.75) is 13.1 Å². The van der Waals surface area contributed by atoms with Crippen molar-refractivity contribution in [1.82, 2.24) is 24.1 Å². The van der Waals surface area contributed by atoms with Crippen LogP contribution in [0.5, 0.6) is 0 Å². The van der Waals surface area contributed by atoms with E-state index in [0.29, 0.717) is 11.5 Å². The summed E-state index contributed by atoms with van der Waals surface area (Å²) >= 11 is 0. The number of amides is 1. The number of nitrogens with one attached hydrogen (secondary N) is 1. The molecule has 7 nitrogen and oxygen atoms in total. The molecule has 1 amide bonds. The van der Waals surface area contributed by atoms with Gasteiger partial charge in [-0.2, -0.15) is 18.3 Å². The number of hydrogen-bond donors (Lipinski definition) is 1. The molecule has 0 bridgehead atoms. The Labute approximate surface area is 160 Å². The van der Waals surface area contributed by atoms with Gasteiger partial charge in [0.2, 0.25) is 0 Å². The van der Waals surface area contributed by atoms with Crippen molar-refractivity contribution in [3.8, 4) is 5.82 Å². The Balaban J connectivity index is 1.66. The molecule has 0 saturated carbocycles. The number of fused-ring (bicyclic) bond motifs is 1. The normalized spacial score (nSPS) is 11.8. The highest BCUT2D eigenvalue weighted by Crippen LogP contribution is 2.29. The second kappa shape index (κ2) is 6.69. The van der Waals surface area contributed by atoms with E-state index in [4.69, 9.17) is 0 Å². The van der Waals surface area contributed by atoms with Crippen molar-refractivity contribution >= 4 is 17.2 Å². The van der Waals surface area contributed by atoms with Crippen LogP contribution in [-0.2, 0) is 6.18 Å². The van der Waals surface area contributed by atoms with E-state index in [1.54, 1.807) is 13.1 Å². The van der Waals surface area contributed by atoms with E-state index >= 15 is 0 Å². The van der Waals surface area contributed by atoms with E-state index in [9.17, 15) is 22.4 Å². The third kappa shape index (κ3) is 3.30. The number of halogens is 4. The maximum atomic E-state index is 13.8. The smallest absolute Gasteiger partial charge is 0.322 e. The van der Waals surface area contributed by atoms with Crippen LogP contribution in [0.4, 0.5) is 23.2 Å². The number of anilines is 1. The lowest BCUT2D eigenvalue weighted by Gasteiger charge is -2.10. The Hall–Kier alpha value is -3.76. The van der Waals surface area contributed by atoms with Crippen molar-refractivity contribution in [2.24, 2.45) is 0 Å². The molecule has 4 aromatic rings. The molecular formula is C18H12F4N6O. The van der Waals surface area contributed by atoms with Gasteiger partial charge in [-0.05, 0) is 31.2 Å². The third-order valence-corrected chi connectivity index (χ3v) is 4.26. The largest absolute Gasteiger partial charge is 0.433 e. The predicted octanol–water partition coefficient (Wildman–Crippen LogP) is 3.63. The summed E-state index contributed by atoms with van der Waals surface area (Å²) < 4.78 is 55.1. The lowest BCUT2D eigenvalue weighted by molar-refractivity contribution is -0.141. The van der Waals surface area contributed by atoms with Gasteiger partial charge < -0.3 is 5.32 Å². The van der Waals surface area contributed by atoms with Crippen molar-refractivity contribution in [3.05, 3.63) is 71.8 Å². The first kappa shape index (κ1) is 18.6. The van der Waals surface area contributed by atoms with Crippen LogP contribution in [0.2, 0.25) is 0 Å². The summed E-state index contributed by atoms with van der Waals surface area (Å²) in [5.74, 6) is -0.713. The number of carbonyl (C=O) groups is 1. The first-order valence-electron chi connectivity index (χ1n) is 8.27. The molecule has 1 N–H and O–H groups in total. The van der Waals surface area contributed by atoms with Gasteiger partial charge in [0.25, 0.3) is 5.91 Å². The summed E-state index contributed by atoms with van der Waals surface area (Å²) in [6.45, 7) is 1.61. The van der Waals surface area contributed by atoms with Crippen LogP contribution in [0.15, 0.2) is 49.1 Å². The summed E-state index contributed by atoms with van der Waals surface area (Å²) in [7, 11) is 0. The number of pyridine rings is 2. The van der Waals surface area contributed by atoms with Crippen LogP contribution in [-0.4, -0.2) is 30.1 Å². The highest BCUT2D eigenvalue weighted by atomic mass is 19.4. The highest BCUT2D eigenvalue weighted by molar-refractivity contribution is 6.05. The maximum absolute atomic E-state index is 13.8. The molecule has 0 aliphatic heterocycles. The summed E-state index contributed by atoms with van der Waals surface area (Å²) in [6, 6.07) is 4.70. The van der Waals surface area contributed by atoms with E-state index in [1.165, 1.54) is 39.7 Å². The molecule has 4 heterocycles. The second-order valence-corrected chi connectivity index (χ2v) is 6.10. The molecule has 0 unspecified atom stereocenters. The van der Waals surface area contributed by atoms with E-state index in [-0.39, 0.29) is 16.9 Å². The SMILES string of the molecule is Cc1c(C(=O)Nc2ccnc(C(F)(F)F)c2)cnn1-c1ccc(F)c2nccn12. The molecule has 0 saturated heterocycles. The molecule has 11 heteroatoms. The molecule has 29 heavy (non-hydrogen) atoms. The van der Waals surface area contributed by atoms with E-state index in [0.717, 1.165) is 12.3 Å². The zero-order valence-corrected chi connectivity index (χ0v) is 14.8. The van der Waals surface area contributed by atoms with E-state index in [1.807, 2.05) is 0 Å². The van der Waals surface area contributed by atoms with Gasteiger partial charge in [0.15, 0.2) is 11.5 Å². The van der Waals surface area contributed by atoms with E-state index < -0.39 is 23.6 Å². The number of alkyl halides is 3. The molecule has 0 fully saturated rings. The van der Waals surface area contributed by atoms with Crippen LogP contribution in [0, 0.1) is 12.7 Å². The summed E-state index contributed by atoms with van der Waals surface area (Å²) in [4.78, 5) is 19.7. The number of imidazole rings is 1. The average molecular weight is 404 g/mol. The Morgan fingerprint density at radius 3 is 2.69 bits per heavy atom. The van der Waals surface area contributed by atoms with Crippen molar-refractivity contribution in [3.63, 3.8) is 0 Å². The van der Waals surface area contributed by atoms with Crippen LogP contribution in [0.1, 0.15) is 21.7 Å². The molecular weight excluding hydrogens is 392 g/mol. The third-order valence-electron chi connectivity index (χ3n) is 4.26. The molecule has 148 valence electrons. The van der Waals surface area contributed by atoms with Crippen molar-refractivity contribution in [1.29, 1.82) is 0 Å². The predicted molar refractivity (Wildman–Crippen MR) is 94.2 cm³/mol. The van der Waals surface area contributed by atoms with Gasteiger partial charge in [0.05, 0.1) is 17.5 Å². The fourth-order valence-electron chi connectivity index (χ4n) is 2.87. The van der Waals surface area contributed by atoms with Crippen LogP contribution in [0.3, 0.4) is 0 Å². The molecule has 4 aromatic heterocycles. The fourth-order valence-corrected chi connectivity index (χ4v) is 2.87. The van der Waals surface area contributed by atoms with Gasteiger partial charge in [-0.3, -0.25) is 14.2 Å². The summed E-state index contributed by atoms with van der Waals surface area (Å²) in [6.07, 6.45) is 0.590. The number of rotatable bonds is 3. The van der Waals surface area contributed by atoms with Crippen molar-refractivity contribution < 1.29 is 22.4 Å². The fraction of sp³-hybridized carbons (Fsp3) is 0.111. The highest BCUT2D eigenvalue weighted by Gasteiger charge is 2.32. The molecule has 4 rings (SSSR count). The van der Waals surface area contributed by atoms with Gasteiger partial charge in [0.1, 0.15) is 11.5 Å². The van der Waals surface area contributed by atoms with Gasteiger partial charge in [-0.15, -0.1) is 0 Å². The minimum Gasteiger partial charge on any atom is -0.322 e. The van der Waals surface area contributed by atoms with E-state index in [2.05, 4.69) is 20.4 Å². The van der Waals surface area contributed by atoms with Crippen LogP contribution in [0.25, 0.3) is 11.5 Å². The summed E-state index contributed by atoms with van der Waals surface area (Å²) in [5.41, 5.74) is -0.512. The maximum Gasteiger partial charge on any atom is 0.433 e. The average Bonchev–Trinajstić information content (AvgIpc) is 3.30. The number of aromatic nitrogens is 5. The molecule has 0 aliphatic rings. The quantitative estimate of drug-likeness (QED) is 0.529. The molecule has 0 aromatic carbocycles. The lowest BCUT2D eigenvalue weighted by atomic mass is 10.2.